The number of amides is 1. The lowest BCUT2D eigenvalue weighted by atomic mass is 9.99. The zero-order valence-electron chi connectivity index (χ0n) is 17.9. The van der Waals surface area contributed by atoms with Crippen LogP contribution in [0.1, 0.15) is 35.4 Å². The maximum atomic E-state index is 14.5. The van der Waals surface area contributed by atoms with Crippen molar-refractivity contribution in [1.29, 1.82) is 0 Å². The lowest BCUT2D eigenvalue weighted by Gasteiger charge is -2.18. The van der Waals surface area contributed by atoms with Crippen molar-refractivity contribution in [2.75, 3.05) is 26.8 Å². The van der Waals surface area contributed by atoms with Gasteiger partial charge in [-0.05, 0) is 42.5 Å². The number of ether oxygens (including phenoxy) is 2. The third kappa shape index (κ3) is 3.68. The van der Waals surface area contributed by atoms with Crippen LogP contribution < -0.4 is 4.74 Å². The molecule has 8 nitrogen and oxygen atoms in total. The van der Waals surface area contributed by atoms with Gasteiger partial charge in [-0.15, -0.1) is 10.2 Å². The average Bonchev–Trinajstić information content (AvgIpc) is 3.43. The van der Waals surface area contributed by atoms with Crippen LogP contribution in [-0.4, -0.2) is 57.4 Å². The fraction of sp³-hybridized carbons (Fsp3) is 0.391. The Kier molecular flexibility index (Phi) is 5.46. The SMILES string of the molecule is COC(=O)N1CCC=C(c2cnc(CCc3c(F)ccc4c3CCO4)n3cnnc23)CC1. The zero-order chi connectivity index (χ0) is 22.1. The molecule has 9 heteroatoms. The molecule has 2 aliphatic rings. The number of rotatable bonds is 4. The number of fused-ring (bicyclic) bond motifs is 2. The van der Waals surface area contributed by atoms with Crippen LogP contribution in [0, 0.1) is 5.82 Å². The predicted octanol–water partition coefficient (Wildman–Crippen LogP) is 3.23. The first-order valence-electron chi connectivity index (χ1n) is 10.8. The van der Waals surface area contributed by atoms with E-state index >= 15 is 0 Å². The molecule has 166 valence electrons. The molecule has 0 unspecified atom stereocenters. The first-order chi connectivity index (χ1) is 15.7. The molecule has 0 atom stereocenters. The van der Waals surface area contributed by atoms with E-state index in [0.717, 1.165) is 46.8 Å². The second-order valence-electron chi connectivity index (χ2n) is 7.94. The summed E-state index contributed by atoms with van der Waals surface area (Å²) in [6.07, 6.45) is 8.48. The van der Waals surface area contributed by atoms with Gasteiger partial charge in [-0.2, -0.15) is 0 Å². The van der Waals surface area contributed by atoms with Gasteiger partial charge in [0, 0.05) is 43.3 Å². The molecule has 0 aliphatic carbocycles. The van der Waals surface area contributed by atoms with E-state index in [1.54, 1.807) is 17.3 Å². The maximum Gasteiger partial charge on any atom is 0.409 e. The number of aryl methyl sites for hydroxylation is 1. The number of aromatic nitrogens is 4. The lowest BCUT2D eigenvalue weighted by molar-refractivity contribution is 0.126. The molecule has 0 spiro atoms. The molecule has 5 rings (SSSR count). The zero-order valence-corrected chi connectivity index (χ0v) is 17.9. The molecule has 0 saturated heterocycles. The van der Waals surface area contributed by atoms with Crippen LogP contribution in [0.25, 0.3) is 11.2 Å². The number of carbonyl (C=O) groups is 1. The van der Waals surface area contributed by atoms with Crippen molar-refractivity contribution in [1.82, 2.24) is 24.5 Å². The smallest absolute Gasteiger partial charge is 0.409 e. The van der Waals surface area contributed by atoms with Gasteiger partial charge in [0.15, 0.2) is 5.65 Å². The Bertz CT molecular complexity index is 1210. The van der Waals surface area contributed by atoms with E-state index < -0.39 is 0 Å². The molecular formula is C23H24FN5O3. The molecule has 4 heterocycles. The van der Waals surface area contributed by atoms with E-state index in [-0.39, 0.29) is 11.9 Å². The summed E-state index contributed by atoms with van der Waals surface area (Å²) in [5, 5.41) is 8.41. The van der Waals surface area contributed by atoms with E-state index in [9.17, 15) is 9.18 Å². The minimum Gasteiger partial charge on any atom is -0.493 e. The summed E-state index contributed by atoms with van der Waals surface area (Å²) in [5.41, 5.74) is 4.35. The molecule has 0 fully saturated rings. The van der Waals surface area contributed by atoms with E-state index in [1.807, 2.05) is 10.6 Å². The van der Waals surface area contributed by atoms with E-state index in [2.05, 4.69) is 21.3 Å². The maximum absolute atomic E-state index is 14.5. The van der Waals surface area contributed by atoms with Crippen molar-refractivity contribution in [3.8, 4) is 5.75 Å². The van der Waals surface area contributed by atoms with Crippen LogP contribution in [0.15, 0.2) is 30.7 Å². The molecule has 0 saturated carbocycles. The number of hydrogen-bond acceptors (Lipinski definition) is 6. The van der Waals surface area contributed by atoms with E-state index in [1.165, 1.54) is 13.2 Å². The fourth-order valence-electron chi connectivity index (χ4n) is 4.52. The lowest BCUT2D eigenvalue weighted by Crippen LogP contribution is -2.31. The summed E-state index contributed by atoms with van der Waals surface area (Å²) >= 11 is 0. The van der Waals surface area contributed by atoms with Crippen molar-refractivity contribution in [3.05, 3.63) is 59.1 Å². The summed E-state index contributed by atoms with van der Waals surface area (Å²) in [7, 11) is 1.40. The van der Waals surface area contributed by atoms with Crippen LogP contribution in [0.4, 0.5) is 9.18 Å². The Labute approximate surface area is 184 Å². The standard InChI is InChI=1S/C23H24FN5O3/c1-31-23(30)28-10-2-3-15(8-11-28)18-13-25-21(29-14-26-27-22(18)29)7-4-16-17-9-12-32-20(17)6-5-19(16)24/h3,5-6,13-14H,2,4,7-12H2,1H3. The molecule has 0 radical (unpaired) electrons. The summed E-state index contributed by atoms with van der Waals surface area (Å²) in [6, 6.07) is 3.18. The van der Waals surface area contributed by atoms with Gasteiger partial charge < -0.3 is 14.4 Å². The van der Waals surface area contributed by atoms with Crippen molar-refractivity contribution in [2.24, 2.45) is 0 Å². The van der Waals surface area contributed by atoms with Crippen LogP contribution in [0.5, 0.6) is 5.75 Å². The summed E-state index contributed by atoms with van der Waals surface area (Å²) in [6.45, 7) is 1.78. The summed E-state index contributed by atoms with van der Waals surface area (Å²) < 4.78 is 26.8. The number of benzene rings is 1. The molecule has 1 aromatic carbocycles. The van der Waals surface area contributed by atoms with Gasteiger partial charge in [0.1, 0.15) is 23.7 Å². The number of nitrogens with zero attached hydrogens (tertiary/aromatic N) is 5. The number of methoxy groups -OCH3 is 1. The topological polar surface area (TPSA) is 81.8 Å². The van der Waals surface area contributed by atoms with Crippen LogP contribution in [0.2, 0.25) is 0 Å². The molecular weight excluding hydrogens is 413 g/mol. The van der Waals surface area contributed by atoms with Crippen molar-refractivity contribution in [2.45, 2.75) is 32.1 Å². The second kappa shape index (κ2) is 8.57. The number of halogens is 1. The molecule has 3 aromatic rings. The quantitative estimate of drug-likeness (QED) is 0.623. The monoisotopic (exact) mass is 437 g/mol. The van der Waals surface area contributed by atoms with Gasteiger partial charge in [-0.3, -0.25) is 4.40 Å². The first-order valence-corrected chi connectivity index (χ1v) is 10.8. The van der Waals surface area contributed by atoms with Gasteiger partial charge in [0.05, 0.1) is 13.7 Å². The van der Waals surface area contributed by atoms with Crippen molar-refractivity contribution >= 4 is 17.3 Å². The average molecular weight is 437 g/mol. The largest absolute Gasteiger partial charge is 0.493 e. The highest BCUT2D eigenvalue weighted by atomic mass is 19.1. The molecule has 2 aromatic heterocycles. The van der Waals surface area contributed by atoms with Crippen LogP contribution in [-0.2, 0) is 24.0 Å². The summed E-state index contributed by atoms with van der Waals surface area (Å²) in [5.74, 6) is 1.35. The first kappa shape index (κ1) is 20.4. The Morgan fingerprint density at radius 3 is 3.03 bits per heavy atom. The Morgan fingerprint density at radius 1 is 1.25 bits per heavy atom. The Morgan fingerprint density at radius 2 is 2.16 bits per heavy atom. The highest BCUT2D eigenvalue weighted by Gasteiger charge is 2.22. The van der Waals surface area contributed by atoms with E-state index in [4.69, 9.17) is 9.47 Å². The predicted molar refractivity (Wildman–Crippen MR) is 115 cm³/mol. The number of hydrogen-bond donors (Lipinski definition) is 0. The van der Waals surface area contributed by atoms with Crippen LogP contribution in [0.3, 0.4) is 0 Å². The van der Waals surface area contributed by atoms with Gasteiger partial charge in [0.25, 0.3) is 0 Å². The molecule has 1 amide bonds. The van der Waals surface area contributed by atoms with Crippen LogP contribution >= 0.6 is 0 Å². The highest BCUT2D eigenvalue weighted by molar-refractivity contribution is 5.76. The highest BCUT2D eigenvalue weighted by Crippen LogP contribution is 2.31. The van der Waals surface area contributed by atoms with Gasteiger partial charge in [-0.25, -0.2) is 14.2 Å². The van der Waals surface area contributed by atoms with Gasteiger partial charge in [-0.1, -0.05) is 6.08 Å². The van der Waals surface area contributed by atoms with Crippen molar-refractivity contribution < 1.29 is 18.7 Å². The summed E-state index contributed by atoms with van der Waals surface area (Å²) in [4.78, 5) is 18.2. The molecule has 32 heavy (non-hydrogen) atoms. The van der Waals surface area contributed by atoms with Crippen molar-refractivity contribution in [3.63, 3.8) is 0 Å². The third-order valence-electron chi connectivity index (χ3n) is 6.17. The van der Waals surface area contributed by atoms with Gasteiger partial charge >= 0.3 is 6.09 Å². The third-order valence-corrected chi connectivity index (χ3v) is 6.17. The van der Waals surface area contributed by atoms with E-state index in [0.29, 0.717) is 44.5 Å². The minimum absolute atomic E-state index is 0.204. The minimum atomic E-state index is -0.314. The normalized spacial score (nSPS) is 15.8. The van der Waals surface area contributed by atoms with Gasteiger partial charge in [0.2, 0.25) is 0 Å². The Hall–Kier alpha value is -3.49. The Balaban J connectivity index is 1.39. The second-order valence-corrected chi connectivity index (χ2v) is 7.94. The fourth-order valence-corrected chi connectivity index (χ4v) is 4.52. The number of carbonyl (C=O) groups excluding carboxylic acids is 1. The molecule has 0 bridgehead atoms. The molecule has 0 N–H and O–H groups in total. The molecule has 2 aliphatic heterocycles.